The van der Waals surface area contributed by atoms with E-state index in [0.29, 0.717) is 10.8 Å². The van der Waals surface area contributed by atoms with E-state index in [1.165, 1.54) is 0 Å². The Hall–Kier alpha value is -2.08. The molecule has 0 radical (unpaired) electrons. The molecule has 1 fully saturated rings. The van der Waals surface area contributed by atoms with Crippen molar-refractivity contribution in [2.24, 2.45) is 0 Å². The molecule has 0 aromatic heterocycles. The highest BCUT2D eigenvalue weighted by atomic mass is 35.5. The van der Waals surface area contributed by atoms with E-state index in [4.69, 9.17) is 16.3 Å². The molecule has 156 valence electrons. The Morgan fingerprint density at radius 3 is 2.48 bits per heavy atom. The fourth-order valence-corrected chi connectivity index (χ4v) is 3.56. The van der Waals surface area contributed by atoms with Crippen molar-refractivity contribution in [3.8, 4) is 5.75 Å². The molecule has 0 spiro atoms. The number of carbonyl (C=O) groups is 1. The van der Waals surface area contributed by atoms with E-state index >= 15 is 0 Å². The van der Waals surface area contributed by atoms with Crippen LogP contribution < -0.4 is 10.1 Å². The molecule has 2 aromatic rings. The minimum Gasteiger partial charge on any atom is -0.481 e. The van der Waals surface area contributed by atoms with E-state index in [-0.39, 0.29) is 11.9 Å². The lowest BCUT2D eigenvalue weighted by Crippen LogP contribution is -2.49. The third-order valence-electron chi connectivity index (χ3n) is 5.37. The number of likely N-dealkylation sites (N-methyl/N-ethyl adjacent to an activating group) is 1. The SMILES string of the molecule is Cc1cc(OC(C)C(=O)NC(CN2CCN(C)CC2)c2ccccc2)ccc1Cl. The lowest BCUT2D eigenvalue weighted by atomic mass is 10.1. The van der Waals surface area contributed by atoms with Gasteiger partial charge in [-0.15, -0.1) is 0 Å². The van der Waals surface area contributed by atoms with Crippen LogP contribution in [0.1, 0.15) is 24.1 Å². The summed E-state index contributed by atoms with van der Waals surface area (Å²) in [7, 11) is 2.14. The van der Waals surface area contributed by atoms with Crippen LogP contribution in [0, 0.1) is 6.92 Å². The van der Waals surface area contributed by atoms with Crippen LogP contribution >= 0.6 is 11.6 Å². The normalized spacial score (nSPS) is 17.5. The second kappa shape index (κ2) is 10.1. The smallest absolute Gasteiger partial charge is 0.261 e. The van der Waals surface area contributed by atoms with Crippen LogP contribution in [-0.2, 0) is 4.79 Å². The number of aryl methyl sites for hydroxylation is 1. The van der Waals surface area contributed by atoms with Crippen molar-refractivity contribution in [1.82, 2.24) is 15.1 Å². The molecule has 1 amide bonds. The molecule has 6 heteroatoms. The average molecular weight is 416 g/mol. The summed E-state index contributed by atoms with van der Waals surface area (Å²) in [6, 6.07) is 15.5. The highest BCUT2D eigenvalue weighted by Gasteiger charge is 2.24. The van der Waals surface area contributed by atoms with Gasteiger partial charge in [0.15, 0.2) is 6.10 Å². The standard InChI is InChI=1S/C23H30ClN3O2/c1-17-15-20(9-10-21(17)24)29-18(2)23(28)25-22(19-7-5-4-6-8-19)16-27-13-11-26(3)12-14-27/h4-10,15,18,22H,11-14,16H2,1-3H3,(H,25,28). The van der Waals surface area contributed by atoms with Gasteiger partial charge in [-0.3, -0.25) is 9.69 Å². The van der Waals surface area contributed by atoms with E-state index in [9.17, 15) is 4.79 Å². The Labute approximate surface area is 178 Å². The van der Waals surface area contributed by atoms with Crippen molar-refractivity contribution < 1.29 is 9.53 Å². The summed E-state index contributed by atoms with van der Waals surface area (Å²) in [6.45, 7) is 8.59. The van der Waals surface area contributed by atoms with Crippen LogP contribution in [0.5, 0.6) is 5.75 Å². The van der Waals surface area contributed by atoms with Gasteiger partial charge in [-0.05, 0) is 50.2 Å². The van der Waals surface area contributed by atoms with Gasteiger partial charge in [-0.2, -0.15) is 0 Å². The summed E-state index contributed by atoms with van der Waals surface area (Å²) in [6.07, 6.45) is -0.603. The fourth-order valence-electron chi connectivity index (χ4n) is 3.45. The van der Waals surface area contributed by atoms with E-state index in [1.54, 1.807) is 19.1 Å². The van der Waals surface area contributed by atoms with Gasteiger partial charge in [0.1, 0.15) is 5.75 Å². The second-order valence-corrected chi connectivity index (χ2v) is 8.15. The van der Waals surface area contributed by atoms with Crippen molar-refractivity contribution in [2.75, 3.05) is 39.8 Å². The number of benzene rings is 2. The number of hydrogen-bond acceptors (Lipinski definition) is 4. The molecule has 0 aliphatic carbocycles. The molecule has 2 aromatic carbocycles. The molecule has 0 bridgehead atoms. The zero-order chi connectivity index (χ0) is 20.8. The van der Waals surface area contributed by atoms with Crippen LogP contribution in [0.3, 0.4) is 0 Å². The summed E-state index contributed by atoms with van der Waals surface area (Å²) in [5.41, 5.74) is 2.03. The summed E-state index contributed by atoms with van der Waals surface area (Å²) in [5, 5.41) is 3.88. The Kier molecular flexibility index (Phi) is 7.53. The molecule has 1 heterocycles. The van der Waals surface area contributed by atoms with Gasteiger partial charge in [0, 0.05) is 37.7 Å². The second-order valence-electron chi connectivity index (χ2n) is 7.75. The minimum absolute atomic E-state index is 0.0786. The largest absolute Gasteiger partial charge is 0.481 e. The number of rotatable bonds is 7. The van der Waals surface area contributed by atoms with Crippen molar-refractivity contribution in [1.29, 1.82) is 0 Å². The zero-order valence-corrected chi connectivity index (χ0v) is 18.2. The Morgan fingerprint density at radius 2 is 1.83 bits per heavy atom. The highest BCUT2D eigenvalue weighted by Crippen LogP contribution is 2.22. The lowest BCUT2D eigenvalue weighted by molar-refractivity contribution is -0.128. The van der Waals surface area contributed by atoms with Crippen LogP contribution in [0.15, 0.2) is 48.5 Å². The molecule has 3 rings (SSSR count). The topological polar surface area (TPSA) is 44.8 Å². The Balaban J connectivity index is 1.65. The maximum Gasteiger partial charge on any atom is 0.261 e. The van der Waals surface area contributed by atoms with Crippen LogP contribution in [0.25, 0.3) is 0 Å². The van der Waals surface area contributed by atoms with Gasteiger partial charge in [0.2, 0.25) is 0 Å². The number of carbonyl (C=O) groups excluding carboxylic acids is 1. The van der Waals surface area contributed by atoms with Gasteiger partial charge in [-0.25, -0.2) is 0 Å². The molecular weight excluding hydrogens is 386 g/mol. The maximum absolute atomic E-state index is 12.9. The first kappa shape index (κ1) is 21.6. The van der Waals surface area contributed by atoms with Crippen molar-refractivity contribution in [3.05, 3.63) is 64.7 Å². The van der Waals surface area contributed by atoms with Gasteiger partial charge in [0.25, 0.3) is 5.91 Å². The minimum atomic E-state index is -0.603. The molecule has 5 nitrogen and oxygen atoms in total. The van der Waals surface area contributed by atoms with Crippen molar-refractivity contribution in [3.63, 3.8) is 0 Å². The van der Waals surface area contributed by atoms with Crippen LogP contribution in [0.2, 0.25) is 5.02 Å². The third kappa shape index (κ3) is 6.20. The predicted molar refractivity (Wildman–Crippen MR) is 118 cm³/mol. The predicted octanol–water partition coefficient (Wildman–Crippen LogP) is 3.52. The molecule has 1 aliphatic rings. The molecule has 1 N–H and O–H groups in total. The molecule has 0 saturated carbocycles. The first-order valence-corrected chi connectivity index (χ1v) is 10.5. The zero-order valence-electron chi connectivity index (χ0n) is 17.4. The number of nitrogens with zero attached hydrogens (tertiary/aromatic N) is 2. The van der Waals surface area contributed by atoms with Gasteiger partial charge in [0.05, 0.1) is 6.04 Å². The molecular formula is C23H30ClN3O2. The number of piperazine rings is 1. The highest BCUT2D eigenvalue weighted by molar-refractivity contribution is 6.31. The quantitative estimate of drug-likeness (QED) is 0.751. The van der Waals surface area contributed by atoms with E-state index < -0.39 is 6.10 Å². The number of halogens is 1. The lowest BCUT2D eigenvalue weighted by Gasteiger charge is -2.35. The van der Waals surface area contributed by atoms with Crippen LogP contribution in [-0.4, -0.2) is 61.6 Å². The Bertz CT molecular complexity index is 807. The summed E-state index contributed by atoms with van der Waals surface area (Å²) in [5.74, 6) is 0.519. The number of ether oxygens (including phenoxy) is 1. The molecule has 29 heavy (non-hydrogen) atoms. The van der Waals surface area contributed by atoms with Gasteiger partial charge in [-0.1, -0.05) is 41.9 Å². The Morgan fingerprint density at radius 1 is 1.14 bits per heavy atom. The summed E-state index contributed by atoms with van der Waals surface area (Å²) in [4.78, 5) is 17.6. The monoisotopic (exact) mass is 415 g/mol. The fraction of sp³-hybridized carbons (Fsp3) is 0.435. The number of hydrogen-bond donors (Lipinski definition) is 1. The molecule has 2 unspecified atom stereocenters. The van der Waals surface area contributed by atoms with Crippen molar-refractivity contribution in [2.45, 2.75) is 26.0 Å². The molecule has 2 atom stereocenters. The molecule has 1 saturated heterocycles. The van der Waals surface area contributed by atoms with E-state index in [2.05, 4.69) is 34.3 Å². The summed E-state index contributed by atoms with van der Waals surface area (Å²) >= 11 is 6.08. The average Bonchev–Trinajstić information content (AvgIpc) is 2.72. The first-order chi connectivity index (χ1) is 13.9. The van der Waals surface area contributed by atoms with Crippen molar-refractivity contribution >= 4 is 17.5 Å². The third-order valence-corrected chi connectivity index (χ3v) is 5.79. The van der Waals surface area contributed by atoms with Crippen LogP contribution in [0.4, 0.5) is 0 Å². The summed E-state index contributed by atoms with van der Waals surface area (Å²) < 4.78 is 5.86. The number of nitrogens with one attached hydrogen (secondary N) is 1. The van der Waals surface area contributed by atoms with Gasteiger partial charge < -0.3 is 15.0 Å². The van der Waals surface area contributed by atoms with E-state index in [1.807, 2.05) is 31.2 Å². The maximum atomic E-state index is 12.9. The number of amides is 1. The van der Waals surface area contributed by atoms with Gasteiger partial charge >= 0.3 is 0 Å². The first-order valence-electron chi connectivity index (χ1n) is 10.1. The van der Waals surface area contributed by atoms with E-state index in [0.717, 1.165) is 43.9 Å². The molecule has 1 aliphatic heterocycles.